The highest BCUT2D eigenvalue weighted by atomic mass is 35.5. The minimum atomic E-state index is -4.59. The molecule has 0 bridgehead atoms. The van der Waals surface area contributed by atoms with Gasteiger partial charge in [-0.1, -0.05) is 30.6 Å². The average molecular weight is 486 g/mol. The Bertz CT molecular complexity index is 1100. The summed E-state index contributed by atoms with van der Waals surface area (Å²) in [4.78, 5) is 11.0. The zero-order valence-electron chi connectivity index (χ0n) is 17.8. The molecule has 0 fully saturated rings. The number of carbonyl (C=O) groups is 1. The maximum Gasteiger partial charge on any atom is 0.437 e. The highest BCUT2D eigenvalue weighted by Crippen LogP contribution is 2.38. The van der Waals surface area contributed by atoms with Gasteiger partial charge in [0.1, 0.15) is 11.5 Å². The van der Waals surface area contributed by atoms with Crippen molar-refractivity contribution in [2.24, 2.45) is 0 Å². The van der Waals surface area contributed by atoms with E-state index in [9.17, 15) is 18.0 Å². The highest BCUT2D eigenvalue weighted by molar-refractivity contribution is 6.29. The number of hydrogen-bond donors (Lipinski definition) is 1. The van der Waals surface area contributed by atoms with E-state index in [1.54, 1.807) is 24.3 Å². The number of fused-ring (bicyclic) bond motifs is 1. The highest BCUT2D eigenvalue weighted by Gasteiger charge is 2.37. The second-order valence-electron chi connectivity index (χ2n) is 7.38. The summed E-state index contributed by atoms with van der Waals surface area (Å²) in [5, 5.41) is 11.0. The van der Waals surface area contributed by atoms with Gasteiger partial charge in [-0.05, 0) is 49.1 Å². The van der Waals surface area contributed by atoms with E-state index in [-0.39, 0.29) is 11.0 Å². The van der Waals surface area contributed by atoms with Crippen molar-refractivity contribution in [3.8, 4) is 11.5 Å². The van der Waals surface area contributed by atoms with Gasteiger partial charge in [0.15, 0.2) is 16.7 Å². The van der Waals surface area contributed by atoms with Gasteiger partial charge >= 0.3 is 12.1 Å². The maximum atomic E-state index is 13.1. The monoisotopic (exact) mass is 485 g/mol. The summed E-state index contributed by atoms with van der Waals surface area (Å²) < 4.78 is 55.8. The molecule has 0 aliphatic heterocycles. The Labute approximate surface area is 193 Å². The van der Waals surface area contributed by atoms with Crippen LogP contribution in [0.1, 0.15) is 48.4 Å². The van der Waals surface area contributed by atoms with Crippen molar-refractivity contribution in [1.29, 1.82) is 0 Å². The van der Waals surface area contributed by atoms with Crippen LogP contribution in [-0.2, 0) is 17.4 Å². The van der Waals surface area contributed by atoms with E-state index in [1.165, 1.54) is 12.1 Å². The quantitative estimate of drug-likeness (QED) is 0.250. The second kappa shape index (κ2) is 10.8. The lowest BCUT2D eigenvalue weighted by molar-refractivity contribution is -0.141. The number of unbranched alkanes of at least 4 members (excludes halogenated alkanes) is 1. The minimum Gasteiger partial charge on any atom is -0.494 e. The molecule has 178 valence electrons. The van der Waals surface area contributed by atoms with E-state index in [0.29, 0.717) is 61.5 Å². The second-order valence-corrected chi connectivity index (χ2v) is 7.81. The summed E-state index contributed by atoms with van der Waals surface area (Å²) in [6.45, 7) is 2.64. The third kappa shape index (κ3) is 6.10. The molecule has 0 spiro atoms. The molecule has 1 unspecified atom stereocenters. The van der Waals surface area contributed by atoms with Gasteiger partial charge in [0.05, 0.1) is 18.6 Å². The fraction of sp³-hybridized carbons (Fsp3) is 0.391. The van der Waals surface area contributed by atoms with E-state index in [1.807, 2.05) is 6.92 Å². The molecule has 33 heavy (non-hydrogen) atoms. The molecule has 0 aliphatic carbocycles. The zero-order valence-corrected chi connectivity index (χ0v) is 18.6. The molecular formula is C23H23ClF3NO5. The van der Waals surface area contributed by atoms with E-state index < -0.39 is 23.2 Å². The predicted octanol–water partition coefficient (Wildman–Crippen LogP) is 6.40. The molecule has 3 rings (SSSR count). The number of ether oxygens (including phenoxy) is 2. The summed E-state index contributed by atoms with van der Waals surface area (Å²) in [6, 6.07) is 9.42. The number of carboxylic acid groups (broad SMARTS) is 1. The van der Waals surface area contributed by atoms with Crippen LogP contribution >= 0.6 is 11.6 Å². The van der Waals surface area contributed by atoms with E-state index in [4.69, 9.17) is 30.7 Å². The van der Waals surface area contributed by atoms with Crippen LogP contribution in [0.3, 0.4) is 0 Å². The molecule has 1 heterocycles. The number of carboxylic acids is 1. The number of nitrogens with zero attached hydrogens (tertiary/aromatic N) is 1. The lowest BCUT2D eigenvalue weighted by atomic mass is 10.0. The molecule has 6 nitrogen and oxygen atoms in total. The van der Waals surface area contributed by atoms with Gasteiger partial charge < -0.3 is 19.1 Å². The average Bonchev–Trinajstić information content (AvgIpc) is 3.22. The van der Waals surface area contributed by atoms with Crippen molar-refractivity contribution in [2.45, 2.75) is 44.2 Å². The largest absolute Gasteiger partial charge is 0.494 e. The van der Waals surface area contributed by atoms with Crippen molar-refractivity contribution < 1.29 is 37.1 Å². The number of rotatable bonds is 11. The van der Waals surface area contributed by atoms with Crippen molar-refractivity contribution in [2.75, 3.05) is 13.2 Å². The predicted molar refractivity (Wildman–Crippen MR) is 116 cm³/mol. The first-order valence-corrected chi connectivity index (χ1v) is 10.9. The standard InChI is InChI=1S/C23H23ClF3NO5/c1-2-6-16-18(10-9-17-20(16)33-28-21(17)23(25,26)27)32-12-4-3-11-31-15-8-5-7-14(13-15)19(24)22(29)30/h5,7-10,13,19H,2-4,6,11-12H2,1H3,(H,29,30). The maximum absolute atomic E-state index is 13.1. The molecule has 10 heteroatoms. The number of aromatic nitrogens is 1. The van der Waals surface area contributed by atoms with E-state index in [0.717, 1.165) is 0 Å². The smallest absolute Gasteiger partial charge is 0.437 e. The van der Waals surface area contributed by atoms with E-state index >= 15 is 0 Å². The number of alkyl halides is 4. The van der Waals surface area contributed by atoms with Crippen molar-refractivity contribution in [3.05, 3.63) is 53.2 Å². The van der Waals surface area contributed by atoms with Crippen LogP contribution in [0.5, 0.6) is 11.5 Å². The van der Waals surface area contributed by atoms with Gasteiger partial charge in [0, 0.05) is 5.56 Å². The molecule has 1 aromatic heterocycles. The van der Waals surface area contributed by atoms with Crippen LogP contribution in [-0.4, -0.2) is 29.4 Å². The van der Waals surface area contributed by atoms with Gasteiger partial charge in [0.25, 0.3) is 0 Å². The van der Waals surface area contributed by atoms with Gasteiger partial charge in [-0.25, -0.2) is 0 Å². The molecule has 0 amide bonds. The van der Waals surface area contributed by atoms with Crippen molar-refractivity contribution in [1.82, 2.24) is 5.16 Å². The zero-order chi connectivity index (χ0) is 24.0. The SMILES string of the molecule is CCCc1c(OCCCCOc2cccc(C(Cl)C(=O)O)c2)ccc2c(C(F)(F)F)noc12. The molecule has 0 aliphatic rings. The summed E-state index contributed by atoms with van der Waals surface area (Å²) in [5.74, 6) is -0.141. The normalized spacial score (nSPS) is 12.6. The Morgan fingerprint density at radius 1 is 1.18 bits per heavy atom. The van der Waals surface area contributed by atoms with Crippen molar-refractivity contribution >= 4 is 28.5 Å². The molecule has 1 atom stereocenters. The minimum absolute atomic E-state index is 0.0731. The third-order valence-corrected chi connectivity index (χ3v) is 5.34. The summed E-state index contributed by atoms with van der Waals surface area (Å²) in [5.41, 5.74) is 0.0698. The number of benzene rings is 2. The number of hydrogen-bond acceptors (Lipinski definition) is 5. The Balaban J connectivity index is 1.55. The molecule has 1 N–H and O–H groups in total. The van der Waals surface area contributed by atoms with E-state index in [2.05, 4.69) is 5.16 Å². The molecule has 3 aromatic rings. The number of halogens is 4. The third-order valence-electron chi connectivity index (χ3n) is 4.90. The molecular weight excluding hydrogens is 463 g/mol. The van der Waals surface area contributed by atoms with Gasteiger partial charge in [-0.2, -0.15) is 13.2 Å². The van der Waals surface area contributed by atoms with Crippen molar-refractivity contribution in [3.63, 3.8) is 0 Å². The molecule has 0 saturated heterocycles. The van der Waals surface area contributed by atoms with Gasteiger partial charge in [-0.3, -0.25) is 4.79 Å². The van der Waals surface area contributed by atoms with Gasteiger partial charge in [-0.15, -0.1) is 11.6 Å². The Morgan fingerprint density at radius 2 is 1.91 bits per heavy atom. The molecule has 2 aromatic carbocycles. The number of aliphatic carboxylic acids is 1. The van der Waals surface area contributed by atoms with Gasteiger partial charge in [0.2, 0.25) is 0 Å². The first-order valence-electron chi connectivity index (χ1n) is 10.4. The molecule has 0 radical (unpaired) electrons. The Hall–Kier alpha value is -2.94. The Morgan fingerprint density at radius 3 is 2.58 bits per heavy atom. The summed E-state index contributed by atoms with van der Waals surface area (Å²) in [7, 11) is 0. The Kier molecular flexibility index (Phi) is 8.07. The summed E-state index contributed by atoms with van der Waals surface area (Å²) >= 11 is 5.83. The molecule has 0 saturated carbocycles. The lowest BCUT2D eigenvalue weighted by Crippen LogP contribution is -2.06. The topological polar surface area (TPSA) is 81.8 Å². The fourth-order valence-corrected chi connectivity index (χ4v) is 3.48. The summed E-state index contributed by atoms with van der Waals surface area (Å²) in [6.07, 6.45) is -2.10. The first-order chi connectivity index (χ1) is 15.7. The van der Waals surface area contributed by atoms with Crippen LogP contribution in [0.25, 0.3) is 11.0 Å². The lowest BCUT2D eigenvalue weighted by Gasteiger charge is -2.12. The number of aryl methyl sites for hydroxylation is 1. The van der Waals surface area contributed by atoms with Crippen LogP contribution in [0, 0.1) is 0 Å². The first kappa shape index (κ1) is 24.7. The fourth-order valence-electron chi connectivity index (χ4n) is 3.35. The van der Waals surface area contributed by atoms with Crippen LogP contribution in [0.2, 0.25) is 0 Å². The van der Waals surface area contributed by atoms with Crippen LogP contribution in [0.4, 0.5) is 13.2 Å². The van der Waals surface area contributed by atoms with Crippen LogP contribution in [0.15, 0.2) is 40.9 Å². The van der Waals surface area contributed by atoms with Crippen LogP contribution < -0.4 is 9.47 Å².